The van der Waals surface area contributed by atoms with Gasteiger partial charge in [0.2, 0.25) is 0 Å². The summed E-state index contributed by atoms with van der Waals surface area (Å²) in [6.07, 6.45) is -0.594. The zero-order chi connectivity index (χ0) is 13.1. The third-order valence-corrected chi connectivity index (χ3v) is 6.01. The Bertz CT molecular complexity index is 217. The molecule has 0 aromatic heterocycles. The van der Waals surface area contributed by atoms with E-state index in [-0.39, 0.29) is 19.1 Å². The monoisotopic (exact) mass is 454 g/mol. The first kappa shape index (κ1) is 16.7. The summed E-state index contributed by atoms with van der Waals surface area (Å²) in [6, 6.07) is 0. The fraction of sp³-hybridized carbons (Fsp3) is 0.909. The van der Waals surface area contributed by atoms with Gasteiger partial charge in [0.1, 0.15) is 0 Å². The molecule has 0 aliphatic rings. The van der Waals surface area contributed by atoms with Crippen molar-refractivity contribution in [2.75, 3.05) is 0 Å². The molecule has 0 N–H and O–H groups in total. The van der Waals surface area contributed by atoms with E-state index in [0.29, 0.717) is 0 Å². The van der Waals surface area contributed by atoms with Crippen LogP contribution in [-0.4, -0.2) is 14.4 Å². The fourth-order valence-electron chi connectivity index (χ4n) is 0.550. The van der Waals surface area contributed by atoms with Crippen molar-refractivity contribution in [2.24, 2.45) is 10.8 Å². The Morgan fingerprint density at radius 3 is 1.31 bits per heavy atom. The highest BCUT2D eigenvalue weighted by atomic mass is 127. The van der Waals surface area contributed by atoms with Gasteiger partial charge in [0, 0.05) is 10.8 Å². The van der Waals surface area contributed by atoms with Gasteiger partial charge in [0.25, 0.3) is 0 Å². The average molecular weight is 454 g/mol. The zero-order valence-electron chi connectivity index (χ0n) is 10.6. The smallest absolute Gasteiger partial charge is 0.420 e. The highest BCUT2D eigenvalue weighted by Gasteiger charge is 2.30. The summed E-state index contributed by atoms with van der Waals surface area (Å²) in [5.74, 6) is 0. The maximum Gasteiger partial charge on any atom is 0.510 e. The van der Waals surface area contributed by atoms with Crippen molar-refractivity contribution in [2.45, 2.75) is 49.8 Å². The first-order chi connectivity index (χ1) is 6.94. The van der Waals surface area contributed by atoms with Crippen LogP contribution in [0.25, 0.3) is 0 Å². The van der Waals surface area contributed by atoms with Crippen LogP contribution in [0.3, 0.4) is 0 Å². The van der Waals surface area contributed by atoms with E-state index in [2.05, 4.69) is 45.2 Å². The van der Waals surface area contributed by atoms with Crippen molar-refractivity contribution >= 4 is 51.3 Å². The standard InChI is InChI=1S/C11H20I2O3/c1-10(2,3)7(12)15-9(14)16-8(13)11(4,5)6/h7-8H,1-6H3. The van der Waals surface area contributed by atoms with E-state index < -0.39 is 6.16 Å². The summed E-state index contributed by atoms with van der Waals surface area (Å²) in [7, 11) is 0. The third kappa shape index (κ3) is 6.46. The van der Waals surface area contributed by atoms with E-state index in [0.717, 1.165) is 0 Å². The van der Waals surface area contributed by atoms with E-state index in [1.54, 1.807) is 0 Å². The predicted molar refractivity (Wildman–Crippen MR) is 82.1 cm³/mol. The van der Waals surface area contributed by atoms with Crippen molar-refractivity contribution in [1.29, 1.82) is 0 Å². The van der Waals surface area contributed by atoms with Crippen LogP contribution >= 0.6 is 45.2 Å². The second-order valence-electron chi connectivity index (χ2n) is 5.85. The largest absolute Gasteiger partial charge is 0.510 e. The van der Waals surface area contributed by atoms with E-state index in [1.807, 2.05) is 41.5 Å². The van der Waals surface area contributed by atoms with Crippen LogP contribution < -0.4 is 0 Å². The average Bonchev–Trinajstić information content (AvgIpc) is 1.99. The van der Waals surface area contributed by atoms with E-state index in [1.165, 1.54) is 0 Å². The minimum absolute atomic E-state index is 0.0813. The lowest BCUT2D eigenvalue weighted by molar-refractivity contribution is 0.00417. The van der Waals surface area contributed by atoms with Gasteiger partial charge in [0.15, 0.2) is 8.22 Å². The van der Waals surface area contributed by atoms with Crippen LogP contribution in [0.15, 0.2) is 0 Å². The second-order valence-corrected chi connectivity index (χ2v) is 8.11. The van der Waals surface area contributed by atoms with Gasteiger partial charge in [-0.3, -0.25) is 0 Å². The summed E-state index contributed by atoms with van der Waals surface area (Å²) in [4.78, 5) is 11.5. The molecule has 0 fully saturated rings. The lowest BCUT2D eigenvalue weighted by Crippen LogP contribution is -2.31. The molecule has 0 aromatic rings. The minimum Gasteiger partial charge on any atom is -0.420 e. The molecule has 0 aliphatic carbocycles. The first-order valence-electron chi connectivity index (χ1n) is 5.10. The molecular weight excluding hydrogens is 434 g/mol. The number of ether oxygens (including phenoxy) is 2. The van der Waals surface area contributed by atoms with Crippen LogP contribution in [-0.2, 0) is 9.47 Å². The minimum atomic E-state index is -0.594. The molecule has 2 atom stereocenters. The van der Waals surface area contributed by atoms with E-state index in [9.17, 15) is 4.79 Å². The van der Waals surface area contributed by atoms with Crippen molar-refractivity contribution in [3.63, 3.8) is 0 Å². The molecule has 0 rings (SSSR count). The van der Waals surface area contributed by atoms with Gasteiger partial charge in [-0.1, -0.05) is 41.5 Å². The molecule has 96 valence electrons. The SMILES string of the molecule is CC(C)(C)C(I)OC(=O)OC(I)C(C)(C)C. The van der Waals surface area contributed by atoms with Gasteiger partial charge < -0.3 is 9.47 Å². The summed E-state index contributed by atoms with van der Waals surface area (Å²) >= 11 is 4.21. The Balaban J connectivity index is 4.21. The number of hydrogen-bond donors (Lipinski definition) is 0. The lowest BCUT2D eigenvalue weighted by Gasteiger charge is -2.28. The maximum atomic E-state index is 11.5. The number of rotatable bonds is 2. The second kappa shape index (κ2) is 6.06. The molecule has 3 nitrogen and oxygen atoms in total. The van der Waals surface area contributed by atoms with Gasteiger partial charge in [-0.05, 0) is 45.2 Å². The summed E-state index contributed by atoms with van der Waals surface area (Å²) in [6.45, 7) is 12.1. The van der Waals surface area contributed by atoms with E-state index >= 15 is 0 Å². The Morgan fingerprint density at radius 1 is 0.875 bits per heavy atom. The van der Waals surface area contributed by atoms with Gasteiger partial charge in [0.05, 0.1) is 0 Å². The Kier molecular flexibility index (Phi) is 6.34. The number of carbonyl (C=O) groups excluding carboxylic acids is 1. The molecule has 0 saturated carbocycles. The molecule has 0 spiro atoms. The fourth-order valence-corrected chi connectivity index (χ4v) is 0.966. The van der Waals surface area contributed by atoms with Crippen molar-refractivity contribution < 1.29 is 14.3 Å². The van der Waals surface area contributed by atoms with Crippen LogP contribution in [0.2, 0.25) is 0 Å². The maximum absolute atomic E-state index is 11.5. The molecule has 0 heterocycles. The number of hydrogen-bond acceptors (Lipinski definition) is 3. The summed E-state index contributed by atoms with van der Waals surface area (Å²) in [5, 5.41) is 0. The lowest BCUT2D eigenvalue weighted by atomic mass is 9.98. The Labute approximate surface area is 125 Å². The quantitative estimate of drug-likeness (QED) is 0.343. The predicted octanol–water partition coefficient (Wildman–Crippen LogP) is 4.75. The molecule has 0 amide bonds. The Morgan fingerprint density at radius 2 is 1.12 bits per heavy atom. The first-order valence-corrected chi connectivity index (χ1v) is 7.59. The number of carbonyl (C=O) groups is 1. The number of halogens is 2. The van der Waals surface area contributed by atoms with Crippen molar-refractivity contribution in [3.8, 4) is 0 Å². The zero-order valence-corrected chi connectivity index (χ0v) is 15.0. The van der Waals surface area contributed by atoms with Crippen LogP contribution in [0.4, 0.5) is 4.79 Å². The molecule has 0 aliphatic heterocycles. The molecular formula is C11H20I2O3. The van der Waals surface area contributed by atoms with Gasteiger partial charge in [-0.2, -0.15) is 0 Å². The summed E-state index contributed by atoms with van der Waals surface area (Å²) < 4.78 is 10.0. The van der Waals surface area contributed by atoms with Crippen LogP contribution in [0.1, 0.15) is 41.5 Å². The van der Waals surface area contributed by atoms with Gasteiger partial charge in [-0.15, -0.1) is 0 Å². The molecule has 0 bridgehead atoms. The normalized spacial score (nSPS) is 16.5. The highest BCUT2D eigenvalue weighted by Crippen LogP contribution is 2.30. The molecule has 16 heavy (non-hydrogen) atoms. The molecule has 0 aromatic carbocycles. The molecule has 5 heteroatoms. The van der Waals surface area contributed by atoms with Gasteiger partial charge in [-0.25, -0.2) is 4.79 Å². The van der Waals surface area contributed by atoms with Gasteiger partial charge >= 0.3 is 6.16 Å². The highest BCUT2D eigenvalue weighted by molar-refractivity contribution is 14.1. The molecule has 0 radical (unpaired) electrons. The van der Waals surface area contributed by atoms with Crippen LogP contribution in [0.5, 0.6) is 0 Å². The molecule has 2 unspecified atom stereocenters. The van der Waals surface area contributed by atoms with Crippen LogP contribution in [0, 0.1) is 10.8 Å². The van der Waals surface area contributed by atoms with Crippen molar-refractivity contribution in [1.82, 2.24) is 0 Å². The third-order valence-electron chi connectivity index (χ3n) is 1.76. The number of alkyl halides is 2. The Hall–Kier alpha value is 0.730. The van der Waals surface area contributed by atoms with Crippen molar-refractivity contribution in [3.05, 3.63) is 0 Å². The molecule has 0 saturated heterocycles. The van der Waals surface area contributed by atoms with E-state index in [4.69, 9.17) is 9.47 Å². The summed E-state index contributed by atoms with van der Waals surface area (Å²) in [5.41, 5.74) is -0.163. The topological polar surface area (TPSA) is 35.5 Å².